The summed E-state index contributed by atoms with van der Waals surface area (Å²) in [6.07, 6.45) is 0. The van der Waals surface area contributed by atoms with Gasteiger partial charge >= 0.3 is 0 Å². The van der Waals surface area contributed by atoms with Crippen LogP contribution in [0.3, 0.4) is 0 Å². The number of amides is 1. The van der Waals surface area contributed by atoms with E-state index in [4.69, 9.17) is 34.8 Å². The molecule has 1 aromatic heterocycles. The summed E-state index contributed by atoms with van der Waals surface area (Å²) in [4.78, 5) is 18.7. The predicted octanol–water partition coefficient (Wildman–Crippen LogP) is 5.47. The van der Waals surface area contributed by atoms with Gasteiger partial charge in [-0.05, 0) is 42.8 Å². The average Bonchev–Trinajstić information content (AvgIpc) is 2.96. The first-order valence-electron chi connectivity index (χ1n) is 7.21. The lowest BCUT2D eigenvalue weighted by Crippen LogP contribution is -2.69. The second kappa shape index (κ2) is 5.60. The first-order chi connectivity index (χ1) is 11.4. The van der Waals surface area contributed by atoms with E-state index < -0.39 is 10.9 Å². The molecule has 2 aromatic carbocycles. The number of hydrogen-bond donors (Lipinski definition) is 0. The van der Waals surface area contributed by atoms with Crippen LogP contribution in [0.4, 0.5) is 5.13 Å². The first-order valence-corrected chi connectivity index (χ1v) is 9.22. The van der Waals surface area contributed by atoms with Crippen molar-refractivity contribution in [3.63, 3.8) is 0 Å². The minimum atomic E-state index is -0.749. The van der Waals surface area contributed by atoms with Crippen molar-refractivity contribution in [2.75, 3.05) is 4.90 Å². The first kappa shape index (κ1) is 16.2. The molecule has 0 spiro atoms. The minimum Gasteiger partial charge on any atom is -0.275 e. The molecule has 122 valence electrons. The molecule has 2 heterocycles. The smallest absolute Gasteiger partial charge is 0.250 e. The van der Waals surface area contributed by atoms with E-state index in [-0.39, 0.29) is 5.91 Å². The van der Waals surface area contributed by atoms with Gasteiger partial charge in [-0.2, -0.15) is 0 Å². The standard InChI is InChI=1S/C17H11Cl3N2OS/c1-17(9-6-10(18)8-11(19)7-9)14(20)15(23)22(17)16-21-12-4-2-3-5-13(12)24-16/h2-8,14H,1H3. The van der Waals surface area contributed by atoms with Crippen molar-refractivity contribution >= 4 is 67.4 Å². The molecular weight excluding hydrogens is 387 g/mol. The van der Waals surface area contributed by atoms with Gasteiger partial charge < -0.3 is 0 Å². The van der Waals surface area contributed by atoms with E-state index in [9.17, 15) is 4.79 Å². The van der Waals surface area contributed by atoms with E-state index in [1.54, 1.807) is 23.1 Å². The van der Waals surface area contributed by atoms with Crippen LogP contribution >= 0.6 is 46.1 Å². The van der Waals surface area contributed by atoms with E-state index in [0.717, 1.165) is 15.8 Å². The number of hydrogen-bond acceptors (Lipinski definition) is 3. The van der Waals surface area contributed by atoms with Crippen LogP contribution in [-0.4, -0.2) is 16.3 Å². The molecule has 7 heteroatoms. The number of anilines is 1. The highest BCUT2D eigenvalue weighted by atomic mass is 35.5. The van der Waals surface area contributed by atoms with Crippen LogP contribution in [0.15, 0.2) is 42.5 Å². The highest BCUT2D eigenvalue weighted by Gasteiger charge is 2.59. The summed E-state index contributed by atoms with van der Waals surface area (Å²) in [6.45, 7) is 1.90. The fourth-order valence-corrected chi connectivity index (χ4v) is 4.92. The lowest BCUT2D eigenvalue weighted by molar-refractivity contribution is -0.126. The second-order valence-corrected chi connectivity index (χ2v) is 8.12. The lowest BCUT2D eigenvalue weighted by Gasteiger charge is -2.52. The lowest BCUT2D eigenvalue weighted by atomic mass is 9.79. The van der Waals surface area contributed by atoms with Crippen LogP contribution in [0.1, 0.15) is 12.5 Å². The summed E-state index contributed by atoms with van der Waals surface area (Å²) in [5, 5.41) is 0.938. The third-order valence-corrected chi connectivity index (χ3v) is 6.39. The van der Waals surface area contributed by atoms with E-state index in [2.05, 4.69) is 4.98 Å². The summed E-state index contributed by atoms with van der Waals surface area (Å²) in [7, 11) is 0. The highest BCUT2D eigenvalue weighted by Crippen LogP contribution is 2.49. The van der Waals surface area contributed by atoms with Crippen molar-refractivity contribution in [3.05, 3.63) is 58.1 Å². The van der Waals surface area contributed by atoms with Gasteiger partial charge in [0.25, 0.3) is 0 Å². The Kier molecular flexibility index (Phi) is 3.77. The zero-order valence-corrected chi connectivity index (χ0v) is 15.5. The van der Waals surface area contributed by atoms with E-state index in [1.807, 2.05) is 31.2 Å². The largest absolute Gasteiger partial charge is 0.275 e. The number of aromatic nitrogens is 1. The van der Waals surface area contributed by atoms with Gasteiger partial charge in [-0.1, -0.05) is 46.7 Å². The van der Waals surface area contributed by atoms with Gasteiger partial charge in [-0.3, -0.25) is 9.69 Å². The number of rotatable bonds is 2. The molecule has 24 heavy (non-hydrogen) atoms. The molecule has 0 bridgehead atoms. The molecule has 4 rings (SSSR count). The third-order valence-electron chi connectivity index (χ3n) is 4.32. The minimum absolute atomic E-state index is 0.172. The summed E-state index contributed by atoms with van der Waals surface area (Å²) in [5.41, 5.74) is 0.898. The molecule has 1 aliphatic rings. The topological polar surface area (TPSA) is 33.2 Å². The molecule has 1 amide bonds. The second-order valence-electron chi connectivity index (χ2n) is 5.81. The molecule has 0 radical (unpaired) electrons. The Morgan fingerprint density at radius 1 is 1.17 bits per heavy atom. The summed E-state index contributed by atoms with van der Waals surface area (Å²) >= 11 is 20.1. The average molecular weight is 398 g/mol. The number of alkyl halides is 1. The Labute approximate surface area is 157 Å². The van der Waals surface area contributed by atoms with Crippen molar-refractivity contribution < 1.29 is 4.79 Å². The number of carbonyl (C=O) groups is 1. The number of para-hydroxylation sites is 1. The number of fused-ring (bicyclic) bond motifs is 1. The van der Waals surface area contributed by atoms with Gasteiger partial charge in [0.1, 0.15) is 5.38 Å². The van der Waals surface area contributed by atoms with Crippen LogP contribution in [0, 0.1) is 0 Å². The third kappa shape index (κ3) is 2.25. The molecule has 1 saturated heterocycles. The number of benzene rings is 2. The monoisotopic (exact) mass is 396 g/mol. The maximum atomic E-state index is 12.5. The zero-order chi connectivity index (χ0) is 17.1. The number of β-lactam (4-membered cyclic amide) rings is 1. The molecule has 2 atom stereocenters. The molecular formula is C17H11Cl3N2OS. The van der Waals surface area contributed by atoms with Gasteiger partial charge in [-0.15, -0.1) is 11.6 Å². The molecule has 2 unspecified atom stereocenters. The summed E-state index contributed by atoms with van der Waals surface area (Å²) < 4.78 is 1.02. The van der Waals surface area contributed by atoms with Crippen molar-refractivity contribution in [3.8, 4) is 0 Å². The highest BCUT2D eigenvalue weighted by molar-refractivity contribution is 7.22. The summed E-state index contributed by atoms with van der Waals surface area (Å²) in [6, 6.07) is 13.0. The van der Waals surface area contributed by atoms with Crippen molar-refractivity contribution in [1.82, 2.24) is 4.98 Å². The van der Waals surface area contributed by atoms with Gasteiger partial charge in [0.15, 0.2) is 5.13 Å². The molecule has 3 nitrogen and oxygen atoms in total. The van der Waals surface area contributed by atoms with Crippen LogP contribution < -0.4 is 4.90 Å². The molecule has 1 aliphatic heterocycles. The van der Waals surface area contributed by atoms with Crippen molar-refractivity contribution in [2.45, 2.75) is 17.8 Å². The molecule has 0 N–H and O–H groups in total. The number of thiazole rings is 1. The van der Waals surface area contributed by atoms with Crippen molar-refractivity contribution in [1.29, 1.82) is 0 Å². The number of nitrogens with zero attached hydrogens (tertiary/aromatic N) is 2. The Hall–Kier alpha value is -1.33. The molecule has 1 fully saturated rings. The predicted molar refractivity (Wildman–Crippen MR) is 101 cm³/mol. The normalized spacial score (nSPS) is 23.6. The molecule has 0 saturated carbocycles. The molecule has 0 aliphatic carbocycles. The quantitative estimate of drug-likeness (QED) is 0.424. The van der Waals surface area contributed by atoms with Crippen molar-refractivity contribution in [2.24, 2.45) is 0 Å². The SMILES string of the molecule is CC1(c2cc(Cl)cc(Cl)c2)C(Cl)C(=O)N1c1nc2ccccc2s1. The maximum absolute atomic E-state index is 12.5. The van der Waals surface area contributed by atoms with Crippen LogP contribution in [0.25, 0.3) is 10.2 Å². The van der Waals surface area contributed by atoms with Gasteiger partial charge in [-0.25, -0.2) is 4.98 Å². The Morgan fingerprint density at radius 2 is 1.83 bits per heavy atom. The van der Waals surface area contributed by atoms with E-state index >= 15 is 0 Å². The maximum Gasteiger partial charge on any atom is 0.250 e. The fourth-order valence-electron chi connectivity index (χ4n) is 3.00. The summed E-state index contributed by atoms with van der Waals surface area (Å²) in [5.74, 6) is -0.172. The van der Waals surface area contributed by atoms with Crippen LogP contribution in [0.2, 0.25) is 10.0 Å². The Morgan fingerprint density at radius 3 is 2.50 bits per heavy atom. The van der Waals surface area contributed by atoms with Gasteiger partial charge in [0.2, 0.25) is 5.91 Å². The van der Waals surface area contributed by atoms with E-state index in [1.165, 1.54) is 11.3 Å². The van der Waals surface area contributed by atoms with E-state index in [0.29, 0.717) is 15.2 Å². The van der Waals surface area contributed by atoms with Crippen LogP contribution in [0.5, 0.6) is 0 Å². The van der Waals surface area contributed by atoms with Gasteiger partial charge in [0.05, 0.1) is 15.8 Å². The Balaban J connectivity index is 1.85. The van der Waals surface area contributed by atoms with Crippen LogP contribution in [-0.2, 0) is 10.3 Å². The number of carbonyl (C=O) groups excluding carboxylic acids is 1. The number of halogens is 3. The molecule has 3 aromatic rings. The Bertz CT molecular complexity index is 920. The zero-order valence-electron chi connectivity index (χ0n) is 12.5. The van der Waals surface area contributed by atoms with Gasteiger partial charge in [0, 0.05) is 10.0 Å². The fraction of sp³-hybridized carbons (Fsp3) is 0.176.